The lowest BCUT2D eigenvalue weighted by Gasteiger charge is -2.13. The average Bonchev–Trinajstić information content (AvgIpc) is 2.29. The highest BCUT2D eigenvalue weighted by atomic mass is 16.5. The van der Waals surface area contributed by atoms with E-state index < -0.39 is 0 Å². The molecule has 3 heteroatoms. The number of nitrogen functional groups attached to an aromatic ring is 1. The lowest BCUT2D eigenvalue weighted by Crippen LogP contribution is -2.07. The van der Waals surface area contributed by atoms with Crippen molar-refractivity contribution in [1.82, 2.24) is 0 Å². The van der Waals surface area contributed by atoms with Crippen molar-refractivity contribution in [2.24, 2.45) is 0 Å². The largest absolute Gasteiger partial charge is 0.457 e. The van der Waals surface area contributed by atoms with E-state index in [1.165, 1.54) is 0 Å². The lowest BCUT2D eigenvalue weighted by atomic mass is 10.3. The van der Waals surface area contributed by atoms with Gasteiger partial charge in [-0.25, -0.2) is 0 Å². The molecule has 0 aromatic heterocycles. The Bertz CT molecular complexity index is 492. The van der Waals surface area contributed by atoms with Crippen LogP contribution in [0.15, 0.2) is 48.5 Å². The van der Waals surface area contributed by atoms with Crippen LogP contribution in [0, 0.1) is 0 Å². The summed E-state index contributed by atoms with van der Waals surface area (Å²) in [5.41, 5.74) is 7.53. The molecule has 0 radical (unpaired) electrons. The maximum absolute atomic E-state index is 5.70. The molecule has 0 unspecified atom stereocenters. The van der Waals surface area contributed by atoms with Crippen LogP contribution in [0.25, 0.3) is 0 Å². The zero-order chi connectivity index (χ0) is 12.3. The smallest absolute Gasteiger partial charge is 0.129 e. The summed E-state index contributed by atoms with van der Waals surface area (Å²) in [4.78, 5) is 2.05. The first-order valence-electron chi connectivity index (χ1n) is 5.46. The van der Waals surface area contributed by atoms with Crippen molar-refractivity contribution in [3.63, 3.8) is 0 Å². The Labute approximate surface area is 101 Å². The van der Waals surface area contributed by atoms with Gasteiger partial charge in [0.1, 0.15) is 11.5 Å². The van der Waals surface area contributed by atoms with Gasteiger partial charge in [-0.3, -0.25) is 0 Å². The molecule has 2 N–H and O–H groups in total. The number of benzene rings is 2. The molecular formula is C14H16N2O. The molecule has 0 aliphatic carbocycles. The number of nitrogens with two attached hydrogens (primary N) is 1. The van der Waals surface area contributed by atoms with Crippen LogP contribution in [0.5, 0.6) is 11.5 Å². The van der Waals surface area contributed by atoms with Gasteiger partial charge in [0, 0.05) is 31.5 Å². The molecule has 2 aromatic carbocycles. The fraction of sp³-hybridized carbons (Fsp3) is 0.143. The molecule has 2 rings (SSSR count). The summed E-state index contributed by atoms with van der Waals surface area (Å²) in [6, 6.07) is 15.3. The number of hydrogen-bond acceptors (Lipinski definition) is 3. The molecule has 0 spiro atoms. The van der Waals surface area contributed by atoms with E-state index in [4.69, 9.17) is 10.5 Å². The molecule has 0 fully saturated rings. The van der Waals surface area contributed by atoms with Crippen LogP contribution in [0.4, 0.5) is 11.4 Å². The van der Waals surface area contributed by atoms with Crippen LogP contribution >= 0.6 is 0 Å². The van der Waals surface area contributed by atoms with Crippen LogP contribution in [0.2, 0.25) is 0 Å². The molecule has 88 valence electrons. The van der Waals surface area contributed by atoms with E-state index >= 15 is 0 Å². The van der Waals surface area contributed by atoms with E-state index in [9.17, 15) is 0 Å². The monoisotopic (exact) mass is 228 g/mol. The summed E-state index contributed by atoms with van der Waals surface area (Å²) >= 11 is 0. The Kier molecular flexibility index (Phi) is 3.19. The van der Waals surface area contributed by atoms with Gasteiger partial charge in [0.2, 0.25) is 0 Å². The summed E-state index contributed by atoms with van der Waals surface area (Å²) in [6.07, 6.45) is 0. The van der Waals surface area contributed by atoms with Crippen molar-refractivity contribution in [3.05, 3.63) is 48.5 Å². The van der Waals surface area contributed by atoms with Gasteiger partial charge < -0.3 is 15.4 Å². The molecule has 2 aromatic rings. The highest BCUT2D eigenvalue weighted by molar-refractivity contribution is 5.49. The molecule has 0 aliphatic rings. The Morgan fingerprint density at radius 3 is 2.24 bits per heavy atom. The van der Waals surface area contributed by atoms with Crippen molar-refractivity contribution in [2.75, 3.05) is 24.7 Å². The number of rotatable bonds is 3. The van der Waals surface area contributed by atoms with Crippen LogP contribution in [-0.4, -0.2) is 14.1 Å². The van der Waals surface area contributed by atoms with Gasteiger partial charge >= 0.3 is 0 Å². The molecule has 0 amide bonds. The van der Waals surface area contributed by atoms with Crippen molar-refractivity contribution in [2.45, 2.75) is 0 Å². The zero-order valence-corrected chi connectivity index (χ0v) is 10.1. The Morgan fingerprint density at radius 1 is 0.941 bits per heavy atom. The zero-order valence-electron chi connectivity index (χ0n) is 10.1. The summed E-state index contributed by atoms with van der Waals surface area (Å²) in [6.45, 7) is 0. The van der Waals surface area contributed by atoms with Gasteiger partial charge in [-0.1, -0.05) is 6.07 Å². The lowest BCUT2D eigenvalue weighted by molar-refractivity contribution is 0.483. The minimum Gasteiger partial charge on any atom is -0.457 e. The van der Waals surface area contributed by atoms with Crippen molar-refractivity contribution >= 4 is 11.4 Å². The Balaban J connectivity index is 2.14. The molecule has 0 aliphatic heterocycles. The third kappa shape index (κ3) is 2.91. The SMILES string of the molecule is CN(C)c1ccc(Oc2cccc(N)c2)cc1. The summed E-state index contributed by atoms with van der Waals surface area (Å²) < 4.78 is 5.70. The number of nitrogens with zero attached hydrogens (tertiary/aromatic N) is 1. The Hall–Kier alpha value is -2.16. The van der Waals surface area contributed by atoms with Crippen LogP contribution in [0.3, 0.4) is 0 Å². The first-order chi connectivity index (χ1) is 8.15. The topological polar surface area (TPSA) is 38.5 Å². The van der Waals surface area contributed by atoms with Crippen LogP contribution < -0.4 is 15.4 Å². The van der Waals surface area contributed by atoms with Gasteiger partial charge in [-0.2, -0.15) is 0 Å². The third-order valence-corrected chi connectivity index (χ3v) is 2.45. The third-order valence-electron chi connectivity index (χ3n) is 2.45. The molecule has 3 nitrogen and oxygen atoms in total. The van der Waals surface area contributed by atoms with Crippen molar-refractivity contribution in [1.29, 1.82) is 0 Å². The van der Waals surface area contributed by atoms with Gasteiger partial charge in [-0.15, -0.1) is 0 Å². The normalized spacial score (nSPS) is 10.0. The standard InChI is InChI=1S/C14H16N2O/c1-16(2)12-6-8-13(9-7-12)17-14-5-3-4-11(15)10-14/h3-10H,15H2,1-2H3. The van der Waals surface area contributed by atoms with Crippen LogP contribution in [0.1, 0.15) is 0 Å². The predicted octanol–water partition coefficient (Wildman–Crippen LogP) is 3.13. The van der Waals surface area contributed by atoms with E-state index in [0.29, 0.717) is 5.69 Å². The van der Waals surface area contributed by atoms with Gasteiger partial charge in [0.15, 0.2) is 0 Å². The van der Waals surface area contributed by atoms with E-state index in [2.05, 4.69) is 0 Å². The molecular weight excluding hydrogens is 212 g/mol. The maximum Gasteiger partial charge on any atom is 0.129 e. The van der Waals surface area contributed by atoms with E-state index in [1.54, 1.807) is 6.07 Å². The van der Waals surface area contributed by atoms with Crippen molar-refractivity contribution in [3.8, 4) is 11.5 Å². The highest BCUT2D eigenvalue weighted by Crippen LogP contribution is 2.24. The predicted molar refractivity (Wildman–Crippen MR) is 71.7 cm³/mol. The minimum atomic E-state index is 0.701. The van der Waals surface area contributed by atoms with Gasteiger partial charge in [0.25, 0.3) is 0 Å². The second kappa shape index (κ2) is 4.78. The summed E-state index contributed by atoms with van der Waals surface area (Å²) in [7, 11) is 4.02. The number of ether oxygens (including phenoxy) is 1. The second-order valence-electron chi connectivity index (χ2n) is 4.06. The molecule has 17 heavy (non-hydrogen) atoms. The van der Waals surface area contributed by atoms with Crippen molar-refractivity contribution < 1.29 is 4.74 Å². The fourth-order valence-electron chi connectivity index (χ4n) is 1.53. The quantitative estimate of drug-likeness (QED) is 0.820. The molecule has 0 saturated heterocycles. The Morgan fingerprint density at radius 2 is 1.65 bits per heavy atom. The summed E-state index contributed by atoms with van der Waals surface area (Å²) in [5.74, 6) is 1.56. The maximum atomic E-state index is 5.70. The highest BCUT2D eigenvalue weighted by Gasteiger charge is 1.99. The average molecular weight is 228 g/mol. The molecule has 0 atom stereocenters. The summed E-state index contributed by atoms with van der Waals surface area (Å²) in [5, 5.41) is 0. The molecule has 0 heterocycles. The number of anilines is 2. The van der Waals surface area contributed by atoms with E-state index in [-0.39, 0.29) is 0 Å². The fourth-order valence-corrected chi connectivity index (χ4v) is 1.53. The van der Waals surface area contributed by atoms with E-state index in [0.717, 1.165) is 17.2 Å². The first-order valence-corrected chi connectivity index (χ1v) is 5.46. The minimum absolute atomic E-state index is 0.701. The first kappa shape index (κ1) is 11.3. The molecule has 0 saturated carbocycles. The van der Waals surface area contributed by atoms with Crippen LogP contribution in [-0.2, 0) is 0 Å². The number of hydrogen-bond donors (Lipinski definition) is 1. The van der Waals surface area contributed by atoms with Gasteiger partial charge in [-0.05, 0) is 36.4 Å². The second-order valence-corrected chi connectivity index (χ2v) is 4.06. The van der Waals surface area contributed by atoms with Gasteiger partial charge in [0.05, 0.1) is 0 Å². The van der Waals surface area contributed by atoms with E-state index in [1.807, 2.05) is 61.5 Å². The molecule has 0 bridgehead atoms.